The number of carbonyl (C=O) groups is 1. The van der Waals surface area contributed by atoms with Crippen molar-refractivity contribution in [2.75, 3.05) is 43.4 Å². The molecule has 0 bridgehead atoms. The summed E-state index contributed by atoms with van der Waals surface area (Å²) in [6.07, 6.45) is 0.264. The number of rotatable bonds is 8. The predicted octanol–water partition coefficient (Wildman–Crippen LogP) is 2.90. The van der Waals surface area contributed by atoms with E-state index in [-0.39, 0.29) is 22.3 Å². The molecule has 41 heavy (non-hydrogen) atoms. The molecule has 0 saturated carbocycles. The third-order valence-corrected chi connectivity index (χ3v) is 8.02. The van der Waals surface area contributed by atoms with Gasteiger partial charge in [-0.3, -0.25) is 14.3 Å². The van der Waals surface area contributed by atoms with E-state index in [0.29, 0.717) is 72.7 Å². The fourth-order valence-electron chi connectivity index (χ4n) is 4.84. The summed E-state index contributed by atoms with van der Waals surface area (Å²) in [4.78, 5) is 32.2. The Morgan fingerprint density at radius 2 is 1.98 bits per heavy atom. The fourth-order valence-corrected chi connectivity index (χ4v) is 5.80. The first-order valence-corrected chi connectivity index (χ1v) is 13.6. The molecule has 6 rings (SSSR count). The predicted molar refractivity (Wildman–Crippen MR) is 147 cm³/mol. The number of furan rings is 1. The fraction of sp³-hybridized carbons (Fsp3) is 0.308. The molecular formula is C26H25F2N7O5S. The van der Waals surface area contributed by atoms with Crippen LogP contribution < -0.4 is 20.2 Å². The van der Waals surface area contributed by atoms with Crippen LogP contribution in [0.15, 0.2) is 45.8 Å². The average molecular weight is 586 g/mol. The Balaban J connectivity index is 1.16. The van der Waals surface area contributed by atoms with Crippen molar-refractivity contribution in [2.24, 2.45) is 0 Å². The van der Waals surface area contributed by atoms with E-state index >= 15 is 0 Å². The molecule has 0 amide bonds. The number of anilines is 2. The Hall–Kier alpha value is -4.50. The molecule has 5 heterocycles. The number of hydrogen-bond donors (Lipinski definition) is 2. The highest BCUT2D eigenvalue weighted by Gasteiger charge is 2.24. The number of aliphatic carboxylic acids is 1. The normalized spacial score (nSPS) is 15.1. The molecule has 214 valence electrons. The molecule has 12 nitrogen and oxygen atoms in total. The van der Waals surface area contributed by atoms with Gasteiger partial charge in [-0.2, -0.15) is 14.6 Å². The van der Waals surface area contributed by atoms with Gasteiger partial charge in [-0.25, -0.2) is 13.6 Å². The van der Waals surface area contributed by atoms with Gasteiger partial charge in [0.05, 0.1) is 17.5 Å². The molecule has 1 aliphatic heterocycles. The SMILES string of the molecule is CC(Oc1cc(N2CCN(CCn3c(=O)sc4c3nc(N)n3nc(-c5ccco5)cc43)CC2)c(F)cc1F)C(=O)O. The maximum Gasteiger partial charge on any atom is 0.344 e. The first kappa shape index (κ1) is 26.7. The molecule has 15 heteroatoms. The highest BCUT2D eigenvalue weighted by Crippen LogP contribution is 2.30. The van der Waals surface area contributed by atoms with Gasteiger partial charge in [0, 0.05) is 51.4 Å². The van der Waals surface area contributed by atoms with E-state index in [9.17, 15) is 18.4 Å². The monoisotopic (exact) mass is 585 g/mol. The van der Waals surface area contributed by atoms with Crippen LogP contribution in [0.5, 0.6) is 5.75 Å². The number of hydrogen-bond acceptors (Lipinski definition) is 10. The summed E-state index contributed by atoms with van der Waals surface area (Å²) in [6.45, 7) is 4.18. The Morgan fingerprint density at radius 3 is 2.68 bits per heavy atom. The van der Waals surface area contributed by atoms with Crippen LogP contribution in [-0.4, -0.2) is 74.0 Å². The molecule has 1 saturated heterocycles. The molecular weight excluding hydrogens is 560 g/mol. The summed E-state index contributed by atoms with van der Waals surface area (Å²) < 4.78 is 43.2. The van der Waals surface area contributed by atoms with Crippen LogP contribution in [0, 0.1) is 11.6 Å². The summed E-state index contributed by atoms with van der Waals surface area (Å²) in [5.74, 6) is -2.58. The van der Waals surface area contributed by atoms with Crippen molar-refractivity contribution in [1.82, 2.24) is 24.1 Å². The number of ether oxygens (including phenoxy) is 1. The van der Waals surface area contributed by atoms with Crippen LogP contribution >= 0.6 is 11.3 Å². The molecule has 1 atom stereocenters. The topological polar surface area (TPSA) is 144 Å². The van der Waals surface area contributed by atoms with E-state index in [1.54, 1.807) is 27.9 Å². The number of nitrogens with zero attached hydrogens (tertiary/aromatic N) is 6. The largest absolute Gasteiger partial charge is 0.479 e. The first-order valence-electron chi connectivity index (χ1n) is 12.8. The van der Waals surface area contributed by atoms with Crippen LogP contribution in [0.4, 0.5) is 20.4 Å². The number of halogens is 2. The maximum atomic E-state index is 14.6. The zero-order chi connectivity index (χ0) is 28.8. The van der Waals surface area contributed by atoms with Gasteiger partial charge in [0.1, 0.15) is 16.2 Å². The molecule has 4 aromatic heterocycles. The zero-order valence-corrected chi connectivity index (χ0v) is 22.6. The van der Waals surface area contributed by atoms with E-state index in [1.165, 1.54) is 17.5 Å². The van der Waals surface area contributed by atoms with E-state index < -0.39 is 23.7 Å². The number of fused-ring (bicyclic) bond motifs is 3. The van der Waals surface area contributed by atoms with Gasteiger partial charge in [0.2, 0.25) is 5.95 Å². The Bertz CT molecular complexity index is 1810. The third-order valence-electron chi connectivity index (χ3n) is 7.03. The minimum Gasteiger partial charge on any atom is -0.479 e. The number of nitrogens with two attached hydrogens (primary N) is 1. The van der Waals surface area contributed by atoms with Gasteiger partial charge in [-0.15, -0.1) is 0 Å². The number of piperazine rings is 1. The van der Waals surface area contributed by atoms with E-state index in [2.05, 4.69) is 15.0 Å². The van der Waals surface area contributed by atoms with Gasteiger partial charge < -0.3 is 24.9 Å². The van der Waals surface area contributed by atoms with Crippen LogP contribution in [0.1, 0.15) is 6.92 Å². The standard InChI is InChI=1S/C26H25F2N7O5S/c1-14(24(36)37)40-21-13-18(15(27)11-16(21)28)33-7-4-32(5-8-33)6-9-34-23-22(41-26(34)38)19-12-17(20-3-2-10-39-20)31-35(19)25(29)30-23/h2-3,10-14H,4-9H2,1H3,(H2,29,30)(H,36,37). The van der Waals surface area contributed by atoms with Crippen molar-refractivity contribution in [3.8, 4) is 17.2 Å². The van der Waals surface area contributed by atoms with Gasteiger partial charge >= 0.3 is 10.8 Å². The van der Waals surface area contributed by atoms with Crippen molar-refractivity contribution in [3.63, 3.8) is 0 Å². The molecule has 1 aliphatic rings. The average Bonchev–Trinajstić information content (AvgIpc) is 3.69. The van der Waals surface area contributed by atoms with Gasteiger partial charge in [-0.1, -0.05) is 11.3 Å². The second-order valence-electron chi connectivity index (χ2n) is 9.61. The van der Waals surface area contributed by atoms with Crippen LogP contribution in [0.3, 0.4) is 0 Å². The lowest BCUT2D eigenvalue weighted by Crippen LogP contribution is -2.47. The lowest BCUT2D eigenvalue weighted by molar-refractivity contribution is -0.144. The number of benzene rings is 1. The molecule has 0 radical (unpaired) electrons. The van der Waals surface area contributed by atoms with E-state index in [1.807, 2.05) is 6.07 Å². The lowest BCUT2D eigenvalue weighted by atomic mass is 10.2. The van der Waals surface area contributed by atoms with Crippen LogP contribution in [0.25, 0.3) is 27.3 Å². The van der Waals surface area contributed by atoms with Crippen molar-refractivity contribution >= 4 is 44.8 Å². The smallest absolute Gasteiger partial charge is 0.344 e. The number of thiazole rings is 1. The molecule has 1 fully saturated rings. The van der Waals surface area contributed by atoms with E-state index in [4.69, 9.17) is 20.0 Å². The minimum atomic E-state index is -1.29. The van der Waals surface area contributed by atoms with Crippen molar-refractivity contribution in [3.05, 3.63) is 57.9 Å². The summed E-state index contributed by atoms with van der Waals surface area (Å²) >= 11 is 1.07. The zero-order valence-electron chi connectivity index (χ0n) is 21.8. The number of nitrogen functional groups attached to an aromatic ring is 1. The molecule has 3 N–H and O–H groups in total. The Morgan fingerprint density at radius 1 is 1.20 bits per heavy atom. The second kappa shape index (κ2) is 10.5. The minimum absolute atomic E-state index is 0.136. The number of carboxylic acids is 1. The van der Waals surface area contributed by atoms with Crippen LogP contribution in [-0.2, 0) is 11.3 Å². The number of aromatic nitrogens is 4. The quantitative estimate of drug-likeness (QED) is 0.279. The molecule has 5 aromatic rings. The lowest BCUT2D eigenvalue weighted by Gasteiger charge is -2.36. The van der Waals surface area contributed by atoms with E-state index in [0.717, 1.165) is 11.3 Å². The van der Waals surface area contributed by atoms with Gasteiger partial charge in [0.15, 0.2) is 29.1 Å². The van der Waals surface area contributed by atoms with Gasteiger partial charge in [-0.05, 0) is 25.1 Å². The molecule has 1 unspecified atom stereocenters. The molecule has 0 aliphatic carbocycles. The second-order valence-corrected chi connectivity index (χ2v) is 10.6. The maximum absolute atomic E-state index is 14.6. The first-order chi connectivity index (χ1) is 19.7. The highest BCUT2D eigenvalue weighted by molar-refractivity contribution is 7.17. The van der Waals surface area contributed by atoms with Gasteiger partial charge in [0.25, 0.3) is 0 Å². The highest BCUT2D eigenvalue weighted by atomic mass is 32.1. The summed E-state index contributed by atoms with van der Waals surface area (Å²) in [7, 11) is 0. The third kappa shape index (κ3) is 4.97. The molecule has 0 spiro atoms. The van der Waals surface area contributed by atoms with Crippen molar-refractivity contribution in [1.29, 1.82) is 0 Å². The van der Waals surface area contributed by atoms with Crippen molar-refractivity contribution in [2.45, 2.75) is 19.6 Å². The van der Waals surface area contributed by atoms with Crippen LogP contribution in [0.2, 0.25) is 0 Å². The number of carboxylic acid groups (broad SMARTS) is 1. The summed E-state index contributed by atoms with van der Waals surface area (Å²) in [5.41, 5.74) is 8.04. The Labute approximate surface area is 234 Å². The Kier molecular flexibility index (Phi) is 6.83. The van der Waals surface area contributed by atoms with Crippen molar-refractivity contribution < 1.29 is 27.8 Å². The summed E-state index contributed by atoms with van der Waals surface area (Å²) in [6, 6.07) is 7.25. The summed E-state index contributed by atoms with van der Waals surface area (Å²) in [5, 5.41) is 13.5. The molecule has 1 aromatic carbocycles.